The lowest BCUT2D eigenvalue weighted by Gasteiger charge is -2.07. The van der Waals surface area contributed by atoms with Gasteiger partial charge in [-0.05, 0) is 60.7 Å². The van der Waals surface area contributed by atoms with Crippen molar-refractivity contribution >= 4 is 29.2 Å². The van der Waals surface area contributed by atoms with E-state index in [1.54, 1.807) is 17.8 Å². The predicted octanol–water partition coefficient (Wildman–Crippen LogP) is 4.07. The summed E-state index contributed by atoms with van der Waals surface area (Å²) >= 11 is 7.85. The van der Waals surface area contributed by atoms with Crippen LogP contribution in [-0.4, -0.2) is 11.0 Å². The van der Waals surface area contributed by atoms with Crippen LogP contribution in [0.2, 0.25) is 5.02 Å². The fourth-order valence-corrected chi connectivity index (χ4v) is 3.83. The number of hydrogen-bond acceptors (Lipinski definition) is 3. The molecule has 0 atom stereocenters. The molecule has 108 valence electrons. The first-order chi connectivity index (χ1) is 10.2. The molecule has 0 saturated carbocycles. The molecule has 0 aliphatic heterocycles. The molecule has 0 radical (unpaired) electrons. The number of rotatable bonds is 3. The molecule has 0 unspecified atom stereocenters. The van der Waals surface area contributed by atoms with Crippen LogP contribution in [0.3, 0.4) is 0 Å². The van der Waals surface area contributed by atoms with Crippen molar-refractivity contribution in [2.24, 2.45) is 10.9 Å². The van der Waals surface area contributed by atoms with Gasteiger partial charge in [-0.1, -0.05) is 34.6 Å². The summed E-state index contributed by atoms with van der Waals surface area (Å²) in [5.74, 6) is 0.0223. The molecule has 5 heteroatoms. The van der Waals surface area contributed by atoms with Gasteiger partial charge in [0.25, 0.3) is 0 Å². The topological polar surface area (TPSA) is 58.6 Å². The number of oxime groups is 1. The molecular formula is C16H15ClN2OS. The molecule has 3 nitrogen and oxygen atoms in total. The first-order valence-electron chi connectivity index (χ1n) is 6.74. The van der Waals surface area contributed by atoms with Crippen LogP contribution in [0.4, 0.5) is 0 Å². The van der Waals surface area contributed by atoms with Crippen LogP contribution in [0.25, 0.3) is 0 Å². The van der Waals surface area contributed by atoms with Crippen LogP contribution in [-0.2, 0) is 12.8 Å². The highest BCUT2D eigenvalue weighted by molar-refractivity contribution is 7.99. The van der Waals surface area contributed by atoms with E-state index in [4.69, 9.17) is 22.5 Å². The maximum absolute atomic E-state index is 8.71. The van der Waals surface area contributed by atoms with Gasteiger partial charge in [-0.2, -0.15) is 0 Å². The van der Waals surface area contributed by atoms with Gasteiger partial charge in [0.1, 0.15) is 0 Å². The van der Waals surface area contributed by atoms with Crippen molar-refractivity contribution in [3.8, 4) is 0 Å². The van der Waals surface area contributed by atoms with Crippen LogP contribution in [0, 0.1) is 0 Å². The van der Waals surface area contributed by atoms with E-state index in [2.05, 4.69) is 23.4 Å². The molecule has 3 rings (SSSR count). The molecule has 0 fully saturated rings. The molecule has 0 spiro atoms. The average molecular weight is 319 g/mol. The second kappa shape index (κ2) is 6.00. The molecule has 3 N–H and O–H groups in total. The normalized spacial score (nSPS) is 14.2. The highest BCUT2D eigenvalue weighted by atomic mass is 35.5. The molecule has 0 amide bonds. The molecule has 2 aromatic rings. The number of aryl methyl sites for hydroxylation is 2. The highest BCUT2D eigenvalue weighted by Crippen LogP contribution is 2.33. The first-order valence-corrected chi connectivity index (χ1v) is 7.94. The Balaban J connectivity index is 1.84. The zero-order valence-corrected chi connectivity index (χ0v) is 12.9. The second-order valence-corrected chi connectivity index (χ2v) is 6.57. The Bertz CT molecular complexity index is 715. The SMILES string of the molecule is NC(=NO)c1ccc(Sc2ccc3c(c2)CCC3)cc1Cl. The molecule has 0 aromatic heterocycles. The molecule has 0 bridgehead atoms. The van der Waals surface area contributed by atoms with Crippen molar-refractivity contribution in [3.63, 3.8) is 0 Å². The van der Waals surface area contributed by atoms with Gasteiger partial charge < -0.3 is 10.9 Å². The second-order valence-electron chi connectivity index (χ2n) is 5.01. The Hall–Kier alpha value is -1.65. The lowest BCUT2D eigenvalue weighted by Crippen LogP contribution is -2.13. The smallest absolute Gasteiger partial charge is 0.171 e. The lowest BCUT2D eigenvalue weighted by molar-refractivity contribution is 0.318. The number of hydrogen-bond donors (Lipinski definition) is 2. The van der Waals surface area contributed by atoms with E-state index < -0.39 is 0 Å². The summed E-state index contributed by atoms with van der Waals surface area (Å²) in [4.78, 5) is 2.25. The number of benzene rings is 2. The minimum Gasteiger partial charge on any atom is -0.409 e. The number of halogens is 1. The van der Waals surface area contributed by atoms with Crippen molar-refractivity contribution in [2.45, 2.75) is 29.1 Å². The van der Waals surface area contributed by atoms with E-state index in [-0.39, 0.29) is 5.84 Å². The van der Waals surface area contributed by atoms with Gasteiger partial charge in [0.2, 0.25) is 0 Å². The summed E-state index contributed by atoms with van der Waals surface area (Å²) in [5.41, 5.74) is 9.04. The largest absolute Gasteiger partial charge is 0.409 e. The maximum Gasteiger partial charge on any atom is 0.171 e. The molecule has 21 heavy (non-hydrogen) atoms. The third kappa shape index (κ3) is 3.01. The summed E-state index contributed by atoms with van der Waals surface area (Å²) in [5, 5.41) is 12.2. The summed E-state index contributed by atoms with van der Waals surface area (Å²) in [6.45, 7) is 0. The van der Waals surface area contributed by atoms with Crippen molar-refractivity contribution in [1.82, 2.24) is 0 Å². The average Bonchev–Trinajstić information content (AvgIpc) is 2.94. The molecular weight excluding hydrogens is 304 g/mol. The van der Waals surface area contributed by atoms with Gasteiger partial charge in [0.05, 0.1) is 5.02 Å². The minimum absolute atomic E-state index is 0.0223. The third-order valence-electron chi connectivity index (χ3n) is 3.63. The Morgan fingerprint density at radius 1 is 1.10 bits per heavy atom. The standard InChI is InChI=1S/C16H15ClN2OS/c17-15-9-13(6-7-14(15)16(18)19-20)21-12-5-4-10-2-1-3-11(10)8-12/h4-9,20H,1-3H2,(H2,18,19). The molecule has 0 heterocycles. The maximum atomic E-state index is 8.71. The molecule has 0 saturated heterocycles. The molecule has 1 aliphatic carbocycles. The summed E-state index contributed by atoms with van der Waals surface area (Å²) in [6, 6.07) is 12.2. The van der Waals surface area contributed by atoms with E-state index in [0.29, 0.717) is 10.6 Å². The van der Waals surface area contributed by atoms with E-state index in [9.17, 15) is 0 Å². The first kappa shape index (κ1) is 14.3. The van der Waals surface area contributed by atoms with Crippen LogP contribution >= 0.6 is 23.4 Å². The monoisotopic (exact) mass is 318 g/mol. The fourth-order valence-electron chi connectivity index (χ4n) is 2.57. The van der Waals surface area contributed by atoms with E-state index >= 15 is 0 Å². The van der Waals surface area contributed by atoms with E-state index in [1.807, 2.05) is 12.1 Å². The van der Waals surface area contributed by atoms with E-state index in [1.165, 1.54) is 35.3 Å². The molecule has 2 aromatic carbocycles. The fraction of sp³-hybridized carbons (Fsp3) is 0.188. The number of fused-ring (bicyclic) bond motifs is 1. The number of nitrogens with two attached hydrogens (primary N) is 1. The summed E-state index contributed by atoms with van der Waals surface area (Å²) < 4.78 is 0. The third-order valence-corrected chi connectivity index (χ3v) is 4.92. The van der Waals surface area contributed by atoms with E-state index in [0.717, 1.165) is 4.90 Å². The zero-order valence-electron chi connectivity index (χ0n) is 11.3. The van der Waals surface area contributed by atoms with Gasteiger partial charge in [0, 0.05) is 15.4 Å². The Labute approximate surface area is 132 Å². The highest BCUT2D eigenvalue weighted by Gasteiger charge is 2.12. The van der Waals surface area contributed by atoms with Gasteiger partial charge in [-0.3, -0.25) is 0 Å². The minimum atomic E-state index is 0.0223. The van der Waals surface area contributed by atoms with Gasteiger partial charge in [0.15, 0.2) is 5.84 Å². The van der Waals surface area contributed by atoms with Crippen LogP contribution in [0.15, 0.2) is 51.3 Å². The lowest BCUT2D eigenvalue weighted by atomic mass is 10.1. The summed E-state index contributed by atoms with van der Waals surface area (Å²) in [7, 11) is 0. The van der Waals surface area contributed by atoms with Crippen LogP contribution in [0.1, 0.15) is 23.1 Å². The van der Waals surface area contributed by atoms with Gasteiger partial charge >= 0.3 is 0 Å². The molecule has 1 aliphatic rings. The van der Waals surface area contributed by atoms with Crippen LogP contribution < -0.4 is 5.73 Å². The number of amidine groups is 1. The van der Waals surface area contributed by atoms with Gasteiger partial charge in [-0.15, -0.1) is 0 Å². The zero-order chi connectivity index (χ0) is 14.8. The van der Waals surface area contributed by atoms with Crippen LogP contribution in [0.5, 0.6) is 0 Å². The Kier molecular flexibility index (Phi) is 4.08. The van der Waals surface area contributed by atoms with Crippen molar-refractivity contribution in [2.75, 3.05) is 0 Å². The van der Waals surface area contributed by atoms with Crippen molar-refractivity contribution in [3.05, 3.63) is 58.1 Å². The summed E-state index contributed by atoms with van der Waals surface area (Å²) in [6.07, 6.45) is 3.62. The van der Waals surface area contributed by atoms with Gasteiger partial charge in [-0.25, -0.2) is 0 Å². The number of nitrogens with zero attached hydrogens (tertiary/aromatic N) is 1. The Morgan fingerprint density at radius 2 is 1.81 bits per heavy atom. The predicted molar refractivity (Wildman–Crippen MR) is 86.6 cm³/mol. The quantitative estimate of drug-likeness (QED) is 0.388. The van der Waals surface area contributed by atoms with Crippen molar-refractivity contribution < 1.29 is 5.21 Å². The Morgan fingerprint density at radius 3 is 2.57 bits per heavy atom. The van der Waals surface area contributed by atoms with Crippen molar-refractivity contribution in [1.29, 1.82) is 0 Å².